The Labute approximate surface area is 165 Å². The second kappa shape index (κ2) is 7.60. The molecule has 1 saturated carbocycles. The van der Waals surface area contributed by atoms with Gasteiger partial charge < -0.3 is 23.9 Å². The SMILES string of the molecule is CO[C@H]1C[C@@H](O)C12CCN(C(=O)c1oc(COc3ccccc3)cc1C)CC2. The lowest BCUT2D eigenvalue weighted by molar-refractivity contribution is -0.199. The van der Waals surface area contributed by atoms with Gasteiger partial charge in [0.25, 0.3) is 5.91 Å². The van der Waals surface area contributed by atoms with Crippen molar-refractivity contribution in [1.82, 2.24) is 4.90 Å². The zero-order chi connectivity index (χ0) is 19.7. The minimum Gasteiger partial charge on any atom is -0.486 e. The Morgan fingerprint density at radius 3 is 2.64 bits per heavy atom. The van der Waals surface area contributed by atoms with Crippen LogP contribution in [0.2, 0.25) is 0 Å². The second-order valence-corrected chi connectivity index (χ2v) is 7.83. The van der Waals surface area contributed by atoms with E-state index in [1.165, 1.54) is 0 Å². The maximum absolute atomic E-state index is 13.0. The number of aryl methyl sites for hydroxylation is 1. The highest BCUT2D eigenvalue weighted by molar-refractivity contribution is 5.93. The predicted octanol–water partition coefficient (Wildman–Crippen LogP) is 3.17. The summed E-state index contributed by atoms with van der Waals surface area (Å²) >= 11 is 0. The summed E-state index contributed by atoms with van der Waals surface area (Å²) in [5, 5.41) is 10.3. The maximum atomic E-state index is 13.0. The van der Waals surface area contributed by atoms with E-state index in [2.05, 4.69) is 0 Å². The fraction of sp³-hybridized carbons (Fsp3) is 0.500. The molecule has 1 saturated heterocycles. The third kappa shape index (κ3) is 3.31. The molecule has 0 bridgehead atoms. The number of furan rings is 1. The van der Waals surface area contributed by atoms with Gasteiger partial charge in [-0.2, -0.15) is 0 Å². The van der Waals surface area contributed by atoms with Gasteiger partial charge in [-0.05, 0) is 38.0 Å². The minimum atomic E-state index is -0.332. The molecule has 6 heteroatoms. The highest BCUT2D eigenvalue weighted by Gasteiger charge is 2.56. The van der Waals surface area contributed by atoms with Gasteiger partial charge in [-0.3, -0.25) is 4.79 Å². The number of likely N-dealkylation sites (tertiary alicyclic amines) is 1. The summed E-state index contributed by atoms with van der Waals surface area (Å²) in [6.45, 7) is 3.37. The topological polar surface area (TPSA) is 72.1 Å². The van der Waals surface area contributed by atoms with Crippen LogP contribution >= 0.6 is 0 Å². The van der Waals surface area contributed by atoms with Crippen LogP contribution in [0.1, 0.15) is 41.1 Å². The summed E-state index contributed by atoms with van der Waals surface area (Å²) in [4.78, 5) is 14.8. The van der Waals surface area contributed by atoms with Crippen LogP contribution in [0, 0.1) is 12.3 Å². The van der Waals surface area contributed by atoms with Crippen LogP contribution in [0.15, 0.2) is 40.8 Å². The van der Waals surface area contributed by atoms with Crippen molar-refractivity contribution >= 4 is 5.91 Å². The number of nitrogens with zero attached hydrogens (tertiary/aromatic N) is 1. The number of hydrogen-bond donors (Lipinski definition) is 1. The molecular formula is C22H27NO5. The largest absolute Gasteiger partial charge is 0.486 e. The van der Waals surface area contributed by atoms with Gasteiger partial charge in [0.05, 0.1) is 12.2 Å². The predicted molar refractivity (Wildman–Crippen MR) is 103 cm³/mol. The van der Waals surface area contributed by atoms with E-state index in [1.54, 1.807) is 7.11 Å². The van der Waals surface area contributed by atoms with Gasteiger partial charge in [0.2, 0.25) is 0 Å². The fourth-order valence-electron chi connectivity index (χ4n) is 4.48. The van der Waals surface area contributed by atoms with E-state index >= 15 is 0 Å². The highest BCUT2D eigenvalue weighted by atomic mass is 16.5. The van der Waals surface area contributed by atoms with Gasteiger partial charge in [-0.15, -0.1) is 0 Å². The van der Waals surface area contributed by atoms with E-state index in [4.69, 9.17) is 13.9 Å². The Morgan fingerprint density at radius 1 is 1.29 bits per heavy atom. The Bertz CT molecular complexity index is 823. The summed E-state index contributed by atoms with van der Waals surface area (Å²) in [6.07, 6.45) is 1.95. The molecule has 2 heterocycles. The number of carbonyl (C=O) groups is 1. The van der Waals surface area contributed by atoms with Crippen molar-refractivity contribution in [2.24, 2.45) is 5.41 Å². The standard InChI is InChI=1S/C22H27NO5/c1-15-12-17(14-27-16-6-4-3-5-7-16)28-20(15)21(25)23-10-8-22(9-11-23)18(24)13-19(22)26-2/h3-7,12,18-19,24H,8-11,13-14H2,1-2H3/t18-,19+/m1/s1. The molecule has 0 unspecified atom stereocenters. The van der Waals surface area contributed by atoms with Crippen LogP contribution < -0.4 is 4.74 Å². The van der Waals surface area contributed by atoms with E-state index < -0.39 is 0 Å². The number of aliphatic hydroxyl groups excluding tert-OH is 1. The summed E-state index contributed by atoms with van der Waals surface area (Å²) in [6, 6.07) is 11.4. The molecule has 4 rings (SSSR count). The van der Waals surface area contributed by atoms with E-state index in [0.29, 0.717) is 31.0 Å². The molecule has 2 atom stereocenters. The first-order valence-corrected chi connectivity index (χ1v) is 9.81. The van der Waals surface area contributed by atoms with E-state index in [0.717, 1.165) is 24.2 Å². The smallest absolute Gasteiger partial charge is 0.289 e. The van der Waals surface area contributed by atoms with Crippen molar-refractivity contribution in [2.45, 2.75) is 45.0 Å². The number of methoxy groups -OCH3 is 1. The first kappa shape index (κ1) is 19.0. The molecule has 1 aromatic carbocycles. The number of hydrogen-bond acceptors (Lipinski definition) is 5. The molecule has 1 aliphatic carbocycles. The monoisotopic (exact) mass is 385 g/mol. The summed E-state index contributed by atoms with van der Waals surface area (Å²) in [5.74, 6) is 1.67. The Kier molecular flexibility index (Phi) is 5.17. The fourth-order valence-corrected chi connectivity index (χ4v) is 4.48. The molecule has 2 aromatic rings. The van der Waals surface area contributed by atoms with Crippen LogP contribution in [-0.4, -0.2) is 48.3 Å². The normalized spacial score (nSPS) is 23.5. The van der Waals surface area contributed by atoms with Crippen molar-refractivity contribution in [2.75, 3.05) is 20.2 Å². The lowest BCUT2D eigenvalue weighted by atomic mass is 9.58. The van der Waals surface area contributed by atoms with Crippen molar-refractivity contribution in [3.05, 3.63) is 53.5 Å². The van der Waals surface area contributed by atoms with E-state index in [1.807, 2.05) is 48.2 Å². The summed E-state index contributed by atoms with van der Waals surface area (Å²) < 4.78 is 17.0. The highest BCUT2D eigenvalue weighted by Crippen LogP contribution is 2.50. The average Bonchev–Trinajstić information content (AvgIpc) is 3.11. The molecule has 150 valence electrons. The van der Waals surface area contributed by atoms with Crippen molar-refractivity contribution < 1.29 is 23.8 Å². The molecule has 0 radical (unpaired) electrons. The first-order valence-electron chi connectivity index (χ1n) is 9.81. The molecule has 2 aliphatic rings. The number of para-hydroxylation sites is 1. The van der Waals surface area contributed by atoms with Gasteiger partial charge in [0.1, 0.15) is 18.1 Å². The molecule has 1 spiro atoms. The number of amides is 1. The summed E-state index contributed by atoms with van der Waals surface area (Å²) in [7, 11) is 1.70. The quantitative estimate of drug-likeness (QED) is 0.856. The first-order chi connectivity index (χ1) is 13.5. The van der Waals surface area contributed by atoms with Crippen LogP contribution in [0.5, 0.6) is 5.75 Å². The number of aliphatic hydroxyl groups is 1. The van der Waals surface area contributed by atoms with Crippen molar-refractivity contribution in [1.29, 1.82) is 0 Å². The minimum absolute atomic E-state index is 0.0897. The number of rotatable bonds is 5. The molecular weight excluding hydrogens is 358 g/mol. The second-order valence-electron chi connectivity index (χ2n) is 7.83. The van der Waals surface area contributed by atoms with Crippen LogP contribution in [0.4, 0.5) is 0 Å². The molecule has 1 amide bonds. The number of ether oxygens (including phenoxy) is 2. The van der Waals surface area contributed by atoms with Crippen LogP contribution in [0.3, 0.4) is 0 Å². The average molecular weight is 385 g/mol. The van der Waals surface area contributed by atoms with Crippen LogP contribution in [-0.2, 0) is 11.3 Å². The van der Waals surface area contributed by atoms with Gasteiger partial charge >= 0.3 is 0 Å². The lowest BCUT2D eigenvalue weighted by Gasteiger charge is -2.56. The number of benzene rings is 1. The Balaban J connectivity index is 1.38. The zero-order valence-corrected chi connectivity index (χ0v) is 16.4. The zero-order valence-electron chi connectivity index (χ0n) is 16.4. The van der Waals surface area contributed by atoms with Gasteiger partial charge in [-0.25, -0.2) is 0 Å². The van der Waals surface area contributed by atoms with Crippen LogP contribution in [0.25, 0.3) is 0 Å². The van der Waals surface area contributed by atoms with E-state index in [-0.39, 0.29) is 30.1 Å². The number of carbonyl (C=O) groups excluding carboxylic acids is 1. The van der Waals surface area contributed by atoms with Gasteiger partial charge in [0.15, 0.2) is 5.76 Å². The third-order valence-corrected chi connectivity index (χ3v) is 6.30. The molecule has 6 nitrogen and oxygen atoms in total. The molecule has 2 fully saturated rings. The molecule has 1 aromatic heterocycles. The third-order valence-electron chi connectivity index (χ3n) is 6.30. The Morgan fingerprint density at radius 2 is 2.00 bits per heavy atom. The maximum Gasteiger partial charge on any atom is 0.289 e. The molecule has 28 heavy (non-hydrogen) atoms. The van der Waals surface area contributed by atoms with E-state index in [9.17, 15) is 9.90 Å². The van der Waals surface area contributed by atoms with Gasteiger partial charge in [-0.1, -0.05) is 18.2 Å². The van der Waals surface area contributed by atoms with Gasteiger partial charge in [0, 0.05) is 37.6 Å². The Hall–Kier alpha value is -2.31. The molecule has 1 N–H and O–H groups in total. The summed E-state index contributed by atoms with van der Waals surface area (Å²) in [5.41, 5.74) is 0.619. The van der Waals surface area contributed by atoms with Crippen molar-refractivity contribution in [3.8, 4) is 5.75 Å². The lowest BCUT2D eigenvalue weighted by Crippen LogP contribution is -2.62. The van der Waals surface area contributed by atoms with Crippen molar-refractivity contribution in [3.63, 3.8) is 0 Å². The number of piperidine rings is 1. The molecule has 1 aliphatic heterocycles.